The van der Waals surface area contributed by atoms with Crippen LogP contribution in [0.2, 0.25) is 0 Å². The third kappa shape index (κ3) is 2.26. The Morgan fingerprint density at radius 1 is 1.24 bits per heavy atom. The number of aryl methyl sites for hydroxylation is 1. The van der Waals surface area contributed by atoms with E-state index in [1.807, 2.05) is 12.1 Å². The molecule has 1 aromatic heterocycles. The van der Waals surface area contributed by atoms with Crippen molar-refractivity contribution in [3.05, 3.63) is 23.7 Å². The summed E-state index contributed by atoms with van der Waals surface area (Å²) in [7, 11) is 0. The van der Waals surface area contributed by atoms with Crippen LogP contribution < -0.4 is 5.73 Å². The number of furan rings is 1. The molecule has 17 heavy (non-hydrogen) atoms. The third-order valence-electron chi connectivity index (χ3n) is 4.09. The first-order valence-electron chi connectivity index (χ1n) is 6.54. The number of ether oxygens (including phenoxy) is 1. The van der Waals surface area contributed by atoms with Gasteiger partial charge in [0.15, 0.2) is 0 Å². The highest BCUT2D eigenvalue weighted by molar-refractivity contribution is 5.13. The molecule has 0 spiro atoms. The van der Waals surface area contributed by atoms with Crippen LogP contribution in [0, 0.1) is 11.8 Å². The van der Waals surface area contributed by atoms with Crippen LogP contribution in [0.5, 0.6) is 0 Å². The second-order valence-corrected chi connectivity index (χ2v) is 5.17. The molecule has 1 aliphatic rings. The number of rotatable bonds is 3. The summed E-state index contributed by atoms with van der Waals surface area (Å²) >= 11 is 0. The van der Waals surface area contributed by atoms with Crippen LogP contribution in [0.3, 0.4) is 0 Å². The van der Waals surface area contributed by atoms with Crippen molar-refractivity contribution < 1.29 is 9.15 Å². The molecule has 5 atom stereocenters. The Morgan fingerprint density at radius 2 is 1.94 bits per heavy atom. The van der Waals surface area contributed by atoms with Gasteiger partial charge >= 0.3 is 0 Å². The standard InChI is InChI=1S/C14H23NO2/c1-5-11-6-7-12(17-11)14(15)13-8(2)9(3)16-10(13)4/h6-10,13-14H,5,15H2,1-4H3. The fourth-order valence-corrected chi connectivity index (χ4v) is 2.87. The predicted molar refractivity (Wildman–Crippen MR) is 67.7 cm³/mol. The van der Waals surface area contributed by atoms with Crippen LogP contribution in [0.4, 0.5) is 0 Å². The lowest BCUT2D eigenvalue weighted by molar-refractivity contribution is 0.0482. The Morgan fingerprint density at radius 3 is 2.41 bits per heavy atom. The molecule has 3 nitrogen and oxygen atoms in total. The zero-order valence-corrected chi connectivity index (χ0v) is 11.1. The summed E-state index contributed by atoms with van der Waals surface area (Å²) in [6.07, 6.45) is 1.39. The molecule has 2 rings (SSSR count). The molecule has 1 saturated heterocycles. The molecule has 1 aromatic rings. The molecule has 1 fully saturated rings. The maximum atomic E-state index is 6.34. The summed E-state index contributed by atoms with van der Waals surface area (Å²) in [5, 5.41) is 0. The molecule has 0 aliphatic carbocycles. The number of nitrogens with two attached hydrogens (primary N) is 1. The van der Waals surface area contributed by atoms with Crippen LogP contribution in [0.25, 0.3) is 0 Å². The molecule has 96 valence electrons. The first kappa shape index (κ1) is 12.7. The largest absolute Gasteiger partial charge is 0.464 e. The number of hydrogen-bond donors (Lipinski definition) is 1. The van der Waals surface area contributed by atoms with Gasteiger partial charge in [-0.05, 0) is 31.9 Å². The topological polar surface area (TPSA) is 48.4 Å². The van der Waals surface area contributed by atoms with E-state index in [4.69, 9.17) is 14.9 Å². The van der Waals surface area contributed by atoms with Gasteiger partial charge in [0.1, 0.15) is 11.5 Å². The molecular formula is C14H23NO2. The number of hydrogen-bond acceptors (Lipinski definition) is 3. The van der Waals surface area contributed by atoms with Crippen molar-refractivity contribution in [2.75, 3.05) is 0 Å². The fourth-order valence-electron chi connectivity index (χ4n) is 2.87. The van der Waals surface area contributed by atoms with E-state index < -0.39 is 0 Å². The Kier molecular flexibility index (Phi) is 3.59. The summed E-state index contributed by atoms with van der Waals surface area (Å²) in [6, 6.07) is 3.96. The van der Waals surface area contributed by atoms with Gasteiger partial charge in [-0.2, -0.15) is 0 Å². The van der Waals surface area contributed by atoms with E-state index in [0.717, 1.165) is 17.9 Å². The molecule has 0 radical (unpaired) electrons. The van der Waals surface area contributed by atoms with E-state index in [-0.39, 0.29) is 18.2 Å². The molecule has 2 heterocycles. The molecular weight excluding hydrogens is 214 g/mol. The van der Waals surface area contributed by atoms with Crippen LogP contribution in [-0.2, 0) is 11.2 Å². The van der Waals surface area contributed by atoms with Crippen LogP contribution in [0.1, 0.15) is 45.3 Å². The van der Waals surface area contributed by atoms with Gasteiger partial charge in [0.2, 0.25) is 0 Å². The van der Waals surface area contributed by atoms with Crippen molar-refractivity contribution in [1.29, 1.82) is 0 Å². The Labute approximate surface area is 103 Å². The molecule has 5 unspecified atom stereocenters. The quantitative estimate of drug-likeness (QED) is 0.879. The summed E-state index contributed by atoms with van der Waals surface area (Å²) in [4.78, 5) is 0. The summed E-state index contributed by atoms with van der Waals surface area (Å²) in [5.41, 5.74) is 6.34. The van der Waals surface area contributed by atoms with E-state index >= 15 is 0 Å². The van der Waals surface area contributed by atoms with Crippen LogP contribution in [-0.4, -0.2) is 12.2 Å². The van der Waals surface area contributed by atoms with E-state index in [2.05, 4.69) is 27.7 Å². The van der Waals surface area contributed by atoms with Gasteiger partial charge in [-0.1, -0.05) is 13.8 Å². The van der Waals surface area contributed by atoms with E-state index in [9.17, 15) is 0 Å². The average molecular weight is 237 g/mol. The highest BCUT2D eigenvalue weighted by Gasteiger charge is 2.41. The van der Waals surface area contributed by atoms with Crippen molar-refractivity contribution in [3.63, 3.8) is 0 Å². The van der Waals surface area contributed by atoms with Crippen molar-refractivity contribution >= 4 is 0 Å². The van der Waals surface area contributed by atoms with Crippen molar-refractivity contribution in [2.45, 2.75) is 52.4 Å². The Hall–Kier alpha value is -0.800. The summed E-state index contributed by atoms with van der Waals surface area (Å²) in [6.45, 7) is 8.52. The molecule has 1 aliphatic heterocycles. The first-order valence-corrected chi connectivity index (χ1v) is 6.54. The highest BCUT2D eigenvalue weighted by atomic mass is 16.5. The molecule has 2 N–H and O–H groups in total. The van der Waals surface area contributed by atoms with Gasteiger partial charge in [0, 0.05) is 12.3 Å². The average Bonchev–Trinajstić information content (AvgIpc) is 2.85. The van der Waals surface area contributed by atoms with Gasteiger partial charge in [-0.3, -0.25) is 0 Å². The molecule has 0 aromatic carbocycles. The minimum absolute atomic E-state index is 0.0646. The summed E-state index contributed by atoms with van der Waals surface area (Å²) in [5.74, 6) is 2.70. The first-order chi connectivity index (χ1) is 8.04. The van der Waals surface area contributed by atoms with Gasteiger partial charge < -0.3 is 14.9 Å². The lowest BCUT2D eigenvalue weighted by atomic mass is 9.83. The highest BCUT2D eigenvalue weighted by Crippen LogP contribution is 2.39. The lowest BCUT2D eigenvalue weighted by Gasteiger charge is -2.24. The SMILES string of the molecule is CCc1ccc(C(N)C2C(C)OC(C)C2C)o1. The predicted octanol–water partition coefficient (Wildman–Crippen LogP) is 2.90. The van der Waals surface area contributed by atoms with E-state index in [1.165, 1.54) is 0 Å². The second kappa shape index (κ2) is 4.83. The van der Waals surface area contributed by atoms with Gasteiger partial charge in [0.25, 0.3) is 0 Å². The van der Waals surface area contributed by atoms with Crippen molar-refractivity contribution in [3.8, 4) is 0 Å². The maximum Gasteiger partial charge on any atom is 0.121 e. The molecule has 0 amide bonds. The maximum absolute atomic E-state index is 6.34. The zero-order chi connectivity index (χ0) is 12.6. The van der Waals surface area contributed by atoms with Crippen molar-refractivity contribution in [1.82, 2.24) is 0 Å². The minimum Gasteiger partial charge on any atom is -0.464 e. The monoisotopic (exact) mass is 237 g/mol. The van der Waals surface area contributed by atoms with Gasteiger partial charge in [-0.15, -0.1) is 0 Å². The fraction of sp³-hybridized carbons (Fsp3) is 0.714. The van der Waals surface area contributed by atoms with E-state index in [0.29, 0.717) is 11.8 Å². The Bertz CT molecular complexity index is 374. The summed E-state index contributed by atoms with van der Waals surface area (Å²) < 4.78 is 11.6. The van der Waals surface area contributed by atoms with Crippen LogP contribution >= 0.6 is 0 Å². The lowest BCUT2D eigenvalue weighted by Crippen LogP contribution is -2.30. The second-order valence-electron chi connectivity index (χ2n) is 5.17. The van der Waals surface area contributed by atoms with Crippen molar-refractivity contribution in [2.24, 2.45) is 17.6 Å². The Balaban J connectivity index is 2.16. The normalized spacial score (nSPS) is 35.1. The zero-order valence-electron chi connectivity index (χ0n) is 11.1. The van der Waals surface area contributed by atoms with Crippen LogP contribution in [0.15, 0.2) is 16.5 Å². The van der Waals surface area contributed by atoms with Gasteiger partial charge in [0.05, 0.1) is 18.2 Å². The third-order valence-corrected chi connectivity index (χ3v) is 4.09. The smallest absolute Gasteiger partial charge is 0.121 e. The molecule has 0 bridgehead atoms. The van der Waals surface area contributed by atoms with Gasteiger partial charge in [-0.25, -0.2) is 0 Å². The molecule has 0 saturated carbocycles. The molecule has 3 heteroatoms. The minimum atomic E-state index is -0.0646. The van der Waals surface area contributed by atoms with E-state index in [1.54, 1.807) is 0 Å².